The molecule has 1 aromatic heterocycles. The number of aliphatic hydroxyl groups is 1. The van der Waals surface area contributed by atoms with Gasteiger partial charge in [0.1, 0.15) is 18.6 Å². The smallest absolute Gasteiger partial charge is 0.381 e. The largest absolute Gasteiger partial charge is 0.416 e. The second-order valence-electron chi connectivity index (χ2n) is 10.3. The van der Waals surface area contributed by atoms with Gasteiger partial charge in [-0.2, -0.15) is 17.6 Å². The van der Waals surface area contributed by atoms with Gasteiger partial charge in [0.15, 0.2) is 11.6 Å². The van der Waals surface area contributed by atoms with Crippen LogP contribution in [-0.2, 0) is 11.0 Å². The Labute approximate surface area is 228 Å². The summed E-state index contributed by atoms with van der Waals surface area (Å²) in [5.41, 5.74) is 4.84. The highest BCUT2D eigenvalue weighted by Gasteiger charge is 2.40. The minimum absolute atomic E-state index is 0.0660. The zero-order valence-electron chi connectivity index (χ0n) is 21.6. The molecule has 3 heterocycles. The second-order valence-corrected chi connectivity index (χ2v) is 10.7. The molecule has 0 aliphatic carbocycles. The predicted octanol–water partition coefficient (Wildman–Crippen LogP) is 3.30. The summed E-state index contributed by atoms with van der Waals surface area (Å²) in [5.74, 6) is -1.65. The summed E-state index contributed by atoms with van der Waals surface area (Å²) in [4.78, 5) is 26.3. The molecular formula is C25H32ClF4N7O2. The fourth-order valence-electron chi connectivity index (χ4n) is 5.38. The van der Waals surface area contributed by atoms with Gasteiger partial charge in [-0.05, 0) is 51.6 Å². The summed E-state index contributed by atoms with van der Waals surface area (Å²) in [6.45, 7) is 1.47. The Hall–Kier alpha value is -2.90. The molecule has 0 spiro atoms. The van der Waals surface area contributed by atoms with E-state index in [4.69, 9.17) is 17.3 Å². The molecule has 2 aromatic rings. The number of nitrogens with one attached hydrogen (secondary N) is 1. The lowest BCUT2D eigenvalue weighted by Gasteiger charge is -2.45. The van der Waals surface area contributed by atoms with Crippen LogP contribution in [0.15, 0.2) is 24.5 Å². The zero-order valence-corrected chi connectivity index (χ0v) is 22.4. The molecule has 39 heavy (non-hydrogen) atoms. The number of benzene rings is 1. The first-order chi connectivity index (χ1) is 18.3. The third-order valence-electron chi connectivity index (χ3n) is 7.35. The number of aliphatic hydroxyl groups excluding tert-OH is 1. The molecule has 2 aliphatic heterocycles. The molecule has 2 aliphatic rings. The number of carbonyl (C=O) groups excluding carboxylic acids is 1. The molecule has 9 nitrogen and oxygen atoms in total. The highest BCUT2D eigenvalue weighted by atomic mass is 35.5. The van der Waals surface area contributed by atoms with E-state index in [9.17, 15) is 27.5 Å². The number of nitrogens with zero attached hydrogens (tertiary/aromatic N) is 5. The van der Waals surface area contributed by atoms with Gasteiger partial charge in [-0.15, -0.1) is 0 Å². The molecule has 0 radical (unpaired) electrons. The van der Waals surface area contributed by atoms with Gasteiger partial charge < -0.3 is 26.0 Å². The Morgan fingerprint density at radius 1 is 1.23 bits per heavy atom. The molecule has 1 amide bonds. The van der Waals surface area contributed by atoms with E-state index in [-0.39, 0.29) is 46.6 Å². The van der Waals surface area contributed by atoms with E-state index in [1.54, 1.807) is 28.8 Å². The Kier molecular flexibility index (Phi) is 8.72. The molecule has 14 heteroatoms. The standard InChI is InChI=1S/C25H32ClF4N7O2/c1-35(2)23(38)18-5-7-36(22-20(27)21(31)32-13-33-22)11-14(18)12-37-6-3-4-19(24(37)39)34-17-9-15(25(28,29)30)8-16(26)10-17/h8-10,13-14,18-19,23,34,38H,3-7,11-12H2,1-2H3,(H2,31,32,33)/t14-,18+,19-,23?/m1/s1. The van der Waals surface area contributed by atoms with Crippen LogP contribution in [0.2, 0.25) is 5.02 Å². The summed E-state index contributed by atoms with van der Waals surface area (Å²) in [6.07, 6.45) is -2.60. The molecule has 0 saturated carbocycles. The minimum Gasteiger partial charge on any atom is -0.381 e. The Bertz CT molecular complexity index is 1190. The van der Waals surface area contributed by atoms with Crippen LogP contribution >= 0.6 is 11.6 Å². The lowest BCUT2D eigenvalue weighted by molar-refractivity contribution is -0.137. The average molecular weight is 574 g/mol. The van der Waals surface area contributed by atoms with Crippen LogP contribution in [0.5, 0.6) is 0 Å². The van der Waals surface area contributed by atoms with Crippen LogP contribution < -0.4 is 16.0 Å². The molecule has 0 bridgehead atoms. The summed E-state index contributed by atoms with van der Waals surface area (Å²) in [6, 6.07) is 2.38. The van der Waals surface area contributed by atoms with E-state index >= 15 is 0 Å². The fraction of sp³-hybridized carbons (Fsp3) is 0.560. The van der Waals surface area contributed by atoms with Crippen LogP contribution in [0.1, 0.15) is 24.8 Å². The van der Waals surface area contributed by atoms with Crippen LogP contribution in [0.25, 0.3) is 0 Å². The van der Waals surface area contributed by atoms with Gasteiger partial charge in [0.2, 0.25) is 11.7 Å². The zero-order chi connectivity index (χ0) is 28.5. The number of rotatable bonds is 7. The van der Waals surface area contributed by atoms with Crippen molar-refractivity contribution in [1.29, 1.82) is 0 Å². The van der Waals surface area contributed by atoms with Crippen LogP contribution in [0, 0.1) is 17.7 Å². The van der Waals surface area contributed by atoms with Crippen molar-refractivity contribution in [2.45, 2.75) is 37.7 Å². The number of amides is 1. The first kappa shape index (κ1) is 29.1. The van der Waals surface area contributed by atoms with Crippen molar-refractivity contribution in [1.82, 2.24) is 19.8 Å². The Morgan fingerprint density at radius 3 is 2.67 bits per heavy atom. The number of hydrogen-bond acceptors (Lipinski definition) is 8. The minimum atomic E-state index is -4.58. The van der Waals surface area contributed by atoms with E-state index in [0.29, 0.717) is 38.9 Å². The van der Waals surface area contributed by atoms with E-state index in [2.05, 4.69) is 15.3 Å². The van der Waals surface area contributed by atoms with E-state index < -0.39 is 29.8 Å². The van der Waals surface area contributed by atoms with Gasteiger partial charge >= 0.3 is 6.18 Å². The molecular weight excluding hydrogens is 542 g/mol. The number of aromatic nitrogens is 2. The third-order valence-corrected chi connectivity index (χ3v) is 7.57. The quantitative estimate of drug-likeness (QED) is 0.342. The summed E-state index contributed by atoms with van der Waals surface area (Å²) < 4.78 is 54.5. The summed E-state index contributed by atoms with van der Waals surface area (Å²) >= 11 is 5.91. The van der Waals surface area contributed by atoms with Crippen LogP contribution in [0.3, 0.4) is 0 Å². The number of carbonyl (C=O) groups is 1. The normalized spacial score (nSPS) is 23.3. The average Bonchev–Trinajstić information content (AvgIpc) is 2.87. The third kappa shape index (κ3) is 6.64. The number of nitrogens with two attached hydrogens (primary N) is 1. The molecule has 1 unspecified atom stereocenters. The molecule has 2 fully saturated rings. The molecule has 4 N–H and O–H groups in total. The van der Waals surface area contributed by atoms with Gasteiger partial charge in [0.05, 0.1) is 5.56 Å². The number of alkyl halides is 3. The maximum atomic E-state index is 14.7. The van der Waals surface area contributed by atoms with E-state index in [1.807, 2.05) is 0 Å². The van der Waals surface area contributed by atoms with Gasteiger partial charge in [-0.1, -0.05) is 11.6 Å². The van der Waals surface area contributed by atoms with Crippen LogP contribution in [-0.4, -0.2) is 83.3 Å². The van der Waals surface area contributed by atoms with Crippen molar-refractivity contribution in [2.24, 2.45) is 11.8 Å². The Morgan fingerprint density at radius 2 is 1.97 bits per heavy atom. The van der Waals surface area contributed by atoms with Crippen LogP contribution in [0.4, 0.5) is 34.9 Å². The van der Waals surface area contributed by atoms with Crippen molar-refractivity contribution in [3.63, 3.8) is 0 Å². The topological polar surface area (TPSA) is 111 Å². The van der Waals surface area contributed by atoms with Gasteiger partial charge in [-0.25, -0.2) is 9.97 Å². The first-order valence-corrected chi connectivity index (χ1v) is 13.0. The molecule has 2 saturated heterocycles. The van der Waals surface area contributed by atoms with Gasteiger partial charge in [-0.3, -0.25) is 9.69 Å². The SMILES string of the molecule is CN(C)C(O)[C@H]1CCN(c2ncnc(N)c2F)C[C@@H]1CN1CCC[C@@H](Nc2cc(Cl)cc(C(F)(F)F)c2)C1=O. The van der Waals surface area contributed by atoms with Crippen molar-refractivity contribution in [2.75, 3.05) is 56.2 Å². The number of nitrogen functional groups attached to an aromatic ring is 1. The number of hydrogen-bond donors (Lipinski definition) is 3. The highest BCUT2D eigenvalue weighted by molar-refractivity contribution is 6.31. The maximum Gasteiger partial charge on any atom is 0.416 e. The fourth-order valence-corrected chi connectivity index (χ4v) is 5.62. The first-order valence-electron chi connectivity index (χ1n) is 12.6. The molecule has 214 valence electrons. The van der Waals surface area contributed by atoms with Crippen molar-refractivity contribution >= 4 is 34.8 Å². The predicted molar refractivity (Wildman–Crippen MR) is 140 cm³/mol. The lowest BCUT2D eigenvalue weighted by Crippen LogP contribution is -2.55. The lowest BCUT2D eigenvalue weighted by atomic mass is 9.82. The number of likely N-dealkylation sites (tertiary alicyclic amines) is 1. The van der Waals surface area contributed by atoms with E-state index in [0.717, 1.165) is 12.1 Å². The summed E-state index contributed by atoms with van der Waals surface area (Å²) in [7, 11) is 3.51. The number of halogens is 5. The van der Waals surface area contributed by atoms with Crippen molar-refractivity contribution < 1.29 is 27.5 Å². The van der Waals surface area contributed by atoms with Gasteiger partial charge in [0, 0.05) is 48.7 Å². The highest BCUT2D eigenvalue weighted by Crippen LogP contribution is 2.35. The van der Waals surface area contributed by atoms with Crippen molar-refractivity contribution in [3.05, 3.63) is 40.9 Å². The molecule has 1 aromatic carbocycles. The summed E-state index contributed by atoms with van der Waals surface area (Å²) in [5, 5.41) is 13.7. The number of piperidine rings is 2. The maximum absolute atomic E-state index is 14.7. The number of anilines is 3. The Balaban J connectivity index is 1.52. The molecule has 4 atom stereocenters. The van der Waals surface area contributed by atoms with E-state index in [1.165, 1.54) is 12.4 Å². The second kappa shape index (κ2) is 11.7. The van der Waals surface area contributed by atoms with Gasteiger partial charge in [0.25, 0.3) is 0 Å². The van der Waals surface area contributed by atoms with Crippen molar-refractivity contribution in [3.8, 4) is 0 Å². The molecule has 4 rings (SSSR count). The monoisotopic (exact) mass is 573 g/mol.